The minimum absolute atomic E-state index is 0.0799. The van der Waals surface area contributed by atoms with Gasteiger partial charge in [0, 0.05) is 49.6 Å². The summed E-state index contributed by atoms with van der Waals surface area (Å²) < 4.78 is 61.7. The molecule has 4 fully saturated rings. The zero-order valence-electron chi connectivity index (χ0n) is 21.0. The van der Waals surface area contributed by atoms with Gasteiger partial charge in [-0.25, -0.2) is 8.78 Å². The lowest BCUT2D eigenvalue weighted by Crippen LogP contribution is -2.56. The first-order chi connectivity index (χ1) is 17.1. The predicted molar refractivity (Wildman–Crippen MR) is 130 cm³/mol. The molecule has 1 N–H and O–H groups in total. The average molecular weight is 529 g/mol. The molecule has 0 radical (unpaired) electrons. The van der Waals surface area contributed by atoms with Gasteiger partial charge in [0.2, 0.25) is 5.92 Å². The van der Waals surface area contributed by atoms with Crippen LogP contribution in [-0.2, 0) is 10.2 Å². The van der Waals surface area contributed by atoms with Gasteiger partial charge in [0.25, 0.3) is 16.1 Å². The van der Waals surface area contributed by atoms with Crippen LogP contribution in [0, 0.1) is 5.92 Å². The number of halogens is 2. The molecule has 202 valence electrons. The zero-order chi connectivity index (χ0) is 25.5. The molecule has 2 bridgehead atoms. The number of carbonyl (C=O) groups is 1. The molecule has 3 saturated heterocycles. The topological polar surface area (TPSA) is 95.8 Å². The van der Waals surface area contributed by atoms with Crippen molar-refractivity contribution in [3.8, 4) is 0 Å². The molecule has 0 spiro atoms. The highest BCUT2D eigenvalue weighted by atomic mass is 32.2. The Kier molecular flexibility index (Phi) is 7.44. The maximum absolute atomic E-state index is 13.6. The number of nitrogens with zero attached hydrogens (tertiary/aromatic N) is 3. The molecule has 1 aliphatic carbocycles. The Hall–Kier alpha value is -1.59. The number of rotatable bonds is 10. The first-order valence-electron chi connectivity index (χ1n) is 13.5. The van der Waals surface area contributed by atoms with Crippen LogP contribution in [0.4, 0.5) is 8.78 Å². The summed E-state index contributed by atoms with van der Waals surface area (Å²) in [4.78, 5) is 12.7. The van der Waals surface area contributed by atoms with E-state index in [0.29, 0.717) is 49.9 Å². The summed E-state index contributed by atoms with van der Waals surface area (Å²) in [6.07, 6.45) is 8.61. The molecule has 3 aliphatic heterocycles. The van der Waals surface area contributed by atoms with Crippen LogP contribution >= 0.6 is 0 Å². The minimum atomic E-state index is -3.56. The van der Waals surface area contributed by atoms with E-state index >= 15 is 0 Å². The van der Waals surface area contributed by atoms with Crippen LogP contribution in [0.15, 0.2) is 10.6 Å². The number of aromatic nitrogens is 1. The Bertz CT molecular complexity index is 1020. The van der Waals surface area contributed by atoms with E-state index in [1.165, 1.54) is 0 Å². The predicted octanol–water partition coefficient (Wildman–Crippen LogP) is 4.45. The summed E-state index contributed by atoms with van der Waals surface area (Å²) in [5.41, 5.74) is 0.297. The summed E-state index contributed by atoms with van der Waals surface area (Å²) >= 11 is 0. The molecule has 1 saturated carbocycles. The van der Waals surface area contributed by atoms with Crippen LogP contribution in [0.2, 0.25) is 0 Å². The SMILES string of the molecule is CC(F)(F)CCCCC1CCN(S(=O)(=O)N2[C@@H]3CC[C@H]2CC(NC(=O)c2cc(C4CC4)on2)C3)CC1. The molecule has 1 unspecified atom stereocenters. The summed E-state index contributed by atoms with van der Waals surface area (Å²) in [6.45, 7) is 1.94. The molecular formula is C25H38F2N4O4S. The number of nitrogens with one attached hydrogen (secondary N) is 1. The average Bonchev–Trinajstić information content (AvgIpc) is 3.48. The fourth-order valence-corrected chi connectivity index (χ4v) is 8.35. The number of alkyl halides is 2. The smallest absolute Gasteiger partial charge is 0.282 e. The van der Waals surface area contributed by atoms with Gasteiger partial charge in [0.15, 0.2) is 5.69 Å². The summed E-state index contributed by atoms with van der Waals surface area (Å²) in [7, 11) is -3.56. The third kappa shape index (κ3) is 5.93. The molecule has 5 rings (SSSR count). The quantitative estimate of drug-likeness (QED) is 0.453. The number of fused-ring (bicyclic) bond motifs is 2. The molecule has 1 aromatic rings. The zero-order valence-corrected chi connectivity index (χ0v) is 21.8. The maximum atomic E-state index is 13.6. The molecule has 0 aromatic carbocycles. The molecule has 11 heteroatoms. The largest absolute Gasteiger partial charge is 0.360 e. The highest BCUT2D eigenvalue weighted by molar-refractivity contribution is 7.86. The summed E-state index contributed by atoms with van der Waals surface area (Å²) in [6, 6.07) is 1.44. The Morgan fingerprint density at radius 1 is 1.11 bits per heavy atom. The van der Waals surface area contributed by atoms with Crippen LogP contribution in [0.1, 0.15) is 106 Å². The Balaban J connectivity index is 1.11. The molecule has 4 heterocycles. The van der Waals surface area contributed by atoms with Crippen molar-refractivity contribution < 1.29 is 26.5 Å². The highest BCUT2D eigenvalue weighted by Crippen LogP contribution is 2.41. The summed E-state index contributed by atoms with van der Waals surface area (Å²) in [5, 5.41) is 6.97. The van der Waals surface area contributed by atoms with E-state index < -0.39 is 16.1 Å². The lowest BCUT2D eigenvalue weighted by Gasteiger charge is -2.42. The van der Waals surface area contributed by atoms with Gasteiger partial charge >= 0.3 is 0 Å². The molecular weight excluding hydrogens is 490 g/mol. The van der Waals surface area contributed by atoms with E-state index in [0.717, 1.165) is 64.1 Å². The maximum Gasteiger partial charge on any atom is 0.282 e. The van der Waals surface area contributed by atoms with E-state index in [1.54, 1.807) is 14.7 Å². The fourth-order valence-electron chi connectivity index (χ4n) is 6.27. The third-order valence-corrected chi connectivity index (χ3v) is 10.5. The normalized spacial score (nSPS) is 28.5. The Labute approximate surface area is 212 Å². The second kappa shape index (κ2) is 10.3. The van der Waals surface area contributed by atoms with Crippen molar-refractivity contribution in [3.05, 3.63) is 17.5 Å². The van der Waals surface area contributed by atoms with Gasteiger partial charge in [-0.05, 0) is 70.6 Å². The first kappa shape index (κ1) is 26.0. The van der Waals surface area contributed by atoms with Crippen molar-refractivity contribution in [2.75, 3.05) is 13.1 Å². The van der Waals surface area contributed by atoms with Gasteiger partial charge < -0.3 is 9.84 Å². The molecule has 36 heavy (non-hydrogen) atoms. The Morgan fingerprint density at radius 3 is 2.39 bits per heavy atom. The van der Waals surface area contributed by atoms with E-state index in [4.69, 9.17) is 4.52 Å². The molecule has 8 nitrogen and oxygen atoms in total. The van der Waals surface area contributed by atoms with Crippen LogP contribution in [0.25, 0.3) is 0 Å². The number of unbranched alkanes of at least 4 members (excludes halogenated alkanes) is 1. The second-order valence-electron chi connectivity index (χ2n) is 11.4. The van der Waals surface area contributed by atoms with Crippen molar-refractivity contribution in [3.63, 3.8) is 0 Å². The molecule has 1 amide bonds. The van der Waals surface area contributed by atoms with Crippen LogP contribution in [0.3, 0.4) is 0 Å². The standard InChI is InChI=1S/C25H38F2N4O4S/c1-25(26,27)11-3-2-4-17-9-12-30(13-10-17)36(33,34)31-20-7-8-21(31)15-19(14-20)28-24(32)22-16-23(35-29-22)18-5-6-18/h16-21H,2-15H2,1H3,(H,28,32)/t19?,20-,21+. The van der Waals surface area contributed by atoms with Gasteiger partial charge in [-0.15, -0.1) is 0 Å². The number of hydrogen-bond donors (Lipinski definition) is 1. The minimum Gasteiger partial charge on any atom is -0.360 e. The van der Waals surface area contributed by atoms with E-state index in [1.807, 2.05) is 0 Å². The van der Waals surface area contributed by atoms with E-state index in [2.05, 4.69) is 10.5 Å². The second-order valence-corrected chi connectivity index (χ2v) is 13.2. The molecule has 3 atom stereocenters. The van der Waals surface area contributed by atoms with Crippen molar-refractivity contribution in [2.24, 2.45) is 5.92 Å². The van der Waals surface area contributed by atoms with Gasteiger partial charge in [-0.3, -0.25) is 4.79 Å². The monoisotopic (exact) mass is 528 g/mol. The van der Waals surface area contributed by atoms with Gasteiger partial charge in [0.05, 0.1) is 0 Å². The van der Waals surface area contributed by atoms with Gasteiger partial charge in [-0.1, -0.05) is 18.0 Å². The first-order valence-corrected chi connectivity index (χ1v) is 14.9. The van der Waals surface area contributed by atoms with Gasteiger partial charge in [-0.2, -0.15) is 17.0 Å². The molecule has 4 aliphatic rings. The van der Waals surface area contributed by atoms with E-state index in [-0.39, 0.29) is 30.5 Å². The van der Waals surface area contributed by atoms with Crippen molar-refractivity contribution in [1.29, 1.82) is 0 Å². The number of amides is 1. The highest BCUT2D eigenvalue weighted by Gasteiger charge is 2.49. The van der Waals surface area contributed by atoms with Crippen LogP contribution in [-0.4, -0.2) is 65.2 Å². The van der Waals surface area contributed by atoms with Crippen molar-refractivity contribution >= 4 is 16.1 Å². The molecule has 1 aromatic heterocycles. The Morgan fingerprint density at radius 2 is 1.78 bits per heavy atom. The number of piperidine rings is 2. The number of hydrogen-bond acceptors (Lipinski definition) is 5. The summed E-state index contributed by atoms with van der Waals surface area (Å²) in [5.74, 6) is -1.30. The number of carbonyl (C=O) groups excluding carboxylic acids is 1. The van der Waals surface area contributed by atoms with Gasteiger partial charge in [0.1, 0.15) is 5.76 Å². The third-order valence-electron chi connectivity index (χ3n) is 8.39. The van der Waals surface area contributed by atoms with E-state index in [9.17, 15) is 22.0 Å². The van der Waals surface area contributed by atoms with Crippen molar-refractivity contribution in [1.82, 2.24) is 19.1 Å². The lowest BCUT2D eigenvalue weighted by molar-refractivity contribution is 0.00992. The van der Waals surface area contributed by atoms with Crippen LogP contribution in [0.5, 0.6) is 0 Å². The fraction of sp³-hybridized carbons (Fsp3) is 0.840. The van der Waals surface area contributed by atoms with Crippen LogP contribution < -0.4 is 5.32 Å². The lowest BCUT2D eigenvalue weighted by atomic mass is 9.92. The van der Waals surface area contributed by atoms with Crippen molar-refractivity contribution in [2.45, 2.75) is 114 Å².